The van der Waals surface area contributed by atoms with Crippen LogP contribution < -0.4 is 10.1 Å². The third-order valence-corrected chi connectivity index (χ3v) is 3.29. The zero-order valence-electron chi connectivity index (χ0n) is 11.9. The Kier molecular flexibility index (Phi) is 4.42. The largest absolute Gasteiger partial charge is 0.496 e. The van der Waals surface area contributed by atoms with Gasteiger partial charge in [0.05, 0.1) is 7.11 Å². The van der Waals surface area contributed by atoms with Crippen LogP contribution in [-0.2, 0) is 16.0 Å². The van der Waals surface area contributed by atoms with Crippen LogP contribution in [0.5, 0.6) is 5.75 Å². The molecule has 0 saturated heterocycles. The Morgan fingerprint density at radius 3 is 2.43 bits per heavy atom. The van der Waals surface area contributed by atoms with Crippen molar-refractivity contribution in [3.05, 3.63) is 42.0 Å². The second-order valence-electron chi connectivity index (χ2n) is 4.77. The number of fused-ring (bicyclic) bond motifs is 1. The number of carbonyl (C=O) groups excluding carboxylic acids is 1. The first-order valence-corrected chi connectivity index (χ1v) is 6.57. The highest BCUT2D eigenvalue weighted by Crippen LogP contribution is 2.28. The summed E-state index contributed by atoms with van der Waals surface area (Å²) in [6, 6.07) is 10.3. The van der Waals surface area contributed by atoms with Gasteiger partial charge in [-0.25, -0.2) is 4.79 Å². The first-order valence-electron chi connectivity index (χ1n) is 6.57. The lowest BCUT2D eigenvalue weighted by Gasteiger charge is -2.16. The first-order chi connectivity index (χ1) is 10.0. The summed E-state index contributed by atoms with van der Waals surface area (Å²) >= 11 is 0. The molecular weight excluding hydrogens is 270 g/mol. The highest BCUT2D eigenvalue weighted by molar-refractivity contribution is 5.92. The van der Waals surface area contributed by atoms with Crippen LogP contribution in [0.1, 0.15) is 12.5 Å². The van der Waals surface area contributed by atoms with E-state index in [2.05, 4.69) is 5.32 Å². The maximum atomic E-state index is 11.3. The normalized spacial score (nSPS) is 11.9. The maximum absolute atomic E-state index is 11.3. The highest BCUT2D eigenvalue weighted by atomic mass is 16.5. The third kappa shape index (κ3) is 3.31. The van der Waals surface area contributed by atoms with E-state index in [-0.39, 0.29) is 12.3 Å². The quantitative estimate of drug-likeness (QED) is 0.881. The van der Waals surface area contributed by atoms with E-state index in [9.17, 15) is 14.7 Å². The number of benzene rings is 2. The van der Waals surface area contributed by atoms with Gasteiger partial charge in [-0.15, -0.1) is 0 Å². The second kappa shape index (κ2) is 6.26. The van der Waals surface area contributed by atoms with E-state index in [1.165, 1.54) is 6.92 Å². The first kappa shape index (κ1) is 14.8. The molecule has 0 bridgehead atoms. The van der Waals surface area contributed by atoms with Gasteiger partial charge in [0.15, 0.2) is 0 Å². The lowest BCUT2D eigenvalue weighted by Crippen LogP contribution is -2.41. The number of nitrogens with one attached hydrogen (secondary N) is 1. The summed E-state index contributed by atoms with van der Waals surface area (Å²) in [7, 11) is 1.60. The van der Waals surface area contributed by atoms with Crippen LogP contribution in [0, 0.1) is 0 Å². The van der Waals surface area contributed by atoms with Gasteiger partial charge >= 0.3 is 5.97 Å². The predicted molar refractivity (Wildman–Crippen MR) is 79.4 cm³/mol. The Bertz CT molecular complexity index is 681. The topological polar surface area (TPSA) is 75.6 Å². The van der Waals surface area contributed by atoms with Gasteiger partial charge in [0.1, 0.15) is 11.8 Å². The number of hydrogen-bond acceptors (Lipinski definition) is 3. The van der Waals surface area contributed by atoms with Crippen LogP contribution in [0.3, 0.4) is 0 Å². The van der Waals surface area contributed by atoms with Crippen molar-refractivity contribution in [2.45, 2.75) is 19.4 Å². The third-order valence-electron chi connectivity index (χ3n) is 3.29. The monoisotopic (exact) mass is 287 g/mol. The van der Waals surface area contributed by atoms with Crippen LogP contribution in [0.25, 0.3) is 10.8 Å². The average Bonchev–Trinajstić information content (AvgIpc) is 2.46. The van der Waals surface area contributed by atoms with E-state index in [0.717, 1.165) is 22.1 Å². The number of carboxylic acid groups (broad SMARTS) is 1. The van der Waals surface area contributed by atoms with Gasteiger partial charge < -0.3 is 15.2 Å². The molecule has 0 spiro atoms. The molecule has 0 aliphatic carbocycles. The van der Waals surface area contributed by atoms with Gasteiger partial charge in [-0.05, 0) is 17.0 Å². The van der Waals surface area contributed by atoms with Gasteiger partial charge in [0.2, 0.25) is 5.91 Å². The molecule has 2 rings (SSSR count). The number of carboxylic acids is 1. The Morgan fingerprint density at radius 1 is 1.19 bits per heavy atom. The van der Waals surface area contributed by atoms with Crippen LogP contribution in [-0.4, -0.2) is 30.1 Å². The molecule has 2 aromatic carbocycles. The molecule has 0 aliphatic rings. The van der Waals surface area contributed by atoms with Gasteiger partial charge in [0.25, 0.3) is 0 Å². The van der Waals surface area contributed by atoms with E-state index >= 15 is 0 Å². The number of carbonyl (C=O) groups is 2. The summed E-state index contributed by atoms with van der Waals surface area (Å²) < 4.78 is 5.31. The number of methoxy groups -OCH3 is 1. The minimum Gasteiger partial charge on any atom is -0.496 e. The fraction of sp³-hybridized carbons (Fsp3) is 0.250. The number of aliphatic carboxylic acids is 1. The fourth-order valence-corrected chi connectivity index (χ4v) is 2.36. The molecule has 2 N–H and O–H groups in total. The smallest absolute Gasteiger partial charge is 0.326 e. The molecule has 1 unspecified atom stereocenters. The maximum Gasteiger partial charge on any atom is 0.326 e. The zero-order chi connectivity index (χ0) is 15.4. The van der Waals surface area contributed by atoms with Gasteiger partial charge in [-0.2, -0.15) is 0 Å². The molecule has 21 heavy (non-hydrogen) atoms. The SMILES string of the molecule is COc1ccc(CC(NC(C)=O)C(=O)O)c2ccccc12. The molecule has 0 aromatic heterocycles. The van der Waals surface area contributed by atoms with Gasteiger partial charge in [0, 0.05) is 18.7 Å². The highest BCUT2D eigenvalue weighted by Gasteiger charge is 2.20. The van der Waals surface area contributed by atoms with Crippen molar-refractivity contribution in [1.29, 1.82) is 0 Å². The molecule has 0 radical (unpaired) electrons. The lowest BCUT2D eigenvalue weighted by molar-refractivity contribution is -0.141. The summed E-state index contributed by atoms with van der Waals surface area (Å²) in [6.07, 6.45) is 0.222. The standard InChI is InChI=1S/C16H17NO4/c1-10(18)17-14(16(19)20)9-11-7-8-15(21-2)13-6-4-3-5-12(11)13/h3-8,14H,9H2,1-2H3,(H,17,18)(H,19,20). The van der Waals surface area contributed by atoms with E-state index in [1.54, 1.807) is 7.11 Å². The van der Waals surface area contributed by atoms with Crippen molar-refractivity contribution in [2.75, 3.05) is 7.11 Å². The number of amides is 1. The Morgan fingerprint density at radius 2 is 1.86 bits per heavy atom. The minimum absolute atomic E-state index is 0.222. The van der Waals surface area contributed by atoms with E-state index in [1.807, 2.05) is 36.4 Å². The second-order valence-corrected chi connectivity index (χ2v) is 4.77. The number of ether oxygens (including phenoxy) is 1. The predicted octanol–water partition coefficient (Wildman–Crippen LogP) is 1.98. The lowest BCUT2D eigenvalue weighted by atomic mass is 9.98. The van der Waals surface area contributed by atoms with Crippen molar-refractivity contribution in [3.63, 3.8) is 0 Å². The van der Waals surface area contributed by atoms with Crippen LogP contribution in [0.4, 0.5) is 0 Å². The Labute approximate surface area is 122 Å². The molecule has 5 nitrogen and oxygen atoms in total. The Hall–Kier alpha value is -2.56. The van der Waals surface area contributed by atoms with Crippen molar-refractivity contribution in [3.8, 4) is 5.75 Å². The van der Waals surface area contributed by atoms with Crippen molar-refractivity contribution < 1.29 is 19.4 Å². The van der Waals surface area contributed by atoms with Crippen molar-refractivity contribution in [2.24, 2.45) is 0 Å². The Balaban J connectivity index is 2.42. The molecule has 1 amide bonds. The van der Waals surface area contributed by atoms with E-state index < -0.39 is 12.0 Å². The molecule has 2 aromatic rings. The molecular formula is C16H17NO4. The number of hydrogen-bond donors (Lipinski definition) is 2. The molecule has 1 atom stereocenters. The summed E-state index contributed by atoms with van der Waals surface area (Å²) in [5.74, 6) is -0.675. The van der Waals surface area contributed by atoms with E-state index in [0.29, 0.717) is 0 Å². The molecule has 110 valence electrons. The summed E-state index contributed by atoms with van der Waals surface area (Å²) in [5, 5.41) is 13.5. The average molecular weight is 287 g/mol. The summed E-state index contributed by atoms with van der Waals surface area (Å²) in [4.78, 5) is 22.4. The number of rotatable bonds is 5. The summed E-state index contributed by atoms with van der Waals surface area (Å²) in [5.41, 5.74) is 0.854. The van der Waals surface area contributed by atoms with E-state index in [4.69, 9.17) is 4.74 Å². The minimum atomic E-state index is -1.05. The summed E-state index contributed by atoms with van der Waals surface area (Å²) in [6.45, 7) is 1.31. The molecule has 0 heterocycles. The van der Waals surface area contributed by atoms with Crippen LogP contribution in [0.15, 0.2) is 36.4 Å². The molecule has 0 saturated carbocycles. The fourth-order valence-electron chi connectivity index (χ4n) is 2.36. The van der Waals surface area contributed by atoms with Crippen molar-refractivity contribution in [1.82, 2.24) is 5.32 Å². The van der Waals surface area contributed by atoms with Gasteiger partial charge in [-0.3, -0.25) is 4.79 Å². The van der Waals surface area contributed by atoms with Crippen LogP contribution in [0.2, 0.25) is 0 Å². The zero-order valence-corrected chi connectivity index (χ0v) is 11.9. The van der Waals surface area contributed by atoms with Crippen molar-refractivity contribution >= 4 is 22.6 Å². The molecule has 5 heteroatoms. The van der Waals surface area contributed by atoms with Crippen LogP contribution >= 0.6 is 0 Å². The molecule has 0 aliphatic heterocycles. The van der Waals surface area contributed by atoms with Gasteiger partial charge in [-0.1, -0.05) is 30.3 Å². The molecule has 0 fully saturated rings.